The lowest BCUT2D eigenvalue weighted by molar-refractivity contribution is 0.306. The van der Waals surface area contributed by atoms with Crippen LogP contribution in [0.4, 0.5) is 5.69 Å². The van der Waals surface area contributed by atoms with E-state index in [0.29, 0.717) is 34.0 Å². The molecular weight excluding hydrogens is 389 g/mol. The smallest absolute Gasteiger partial charge is 0.156 e. The topological polar surface area (TPSA) is 21.3 Å². The van der Waals surface area contributed by atoms with Crippen LogP contribution in [0.15, 0.2) is 60.7 Å². The van der Waals surface area contributed by atoms with Crippen molar-refractivity contribution in [3.05, 3.63) is 92.4 Å². The summed E-state index contributed by atoms with van der Waals surface area (Å²) in [5, 5.41) is 5.04. The average molecular weight is 407 g/mol. The van der Waals surface area contributed by atoms with Gasteiger partial charge in [0.2, 0.25) is 0 Å². The van der Waals surface area contributed by atoms with Crippen molar-refractivity contribution < 1.29 is 4.74 Å². The third kappa shape index (κ3) is 5.07. The first-order valence-electron chi connectivity index (χ1n) is 8.17. The molecule has 1 N–H and O–H groups in total. The lowest BCUT2D eigenvalue weighted by atomic mass is 10.2. The molecule has 0 fully saturated rings. The van der Waals surface area contributed by atoms with Crippen LogP contribution in [0.25, 0.3) is 0 Å². The minimum absolute atomic E-state index is 0.373. The molecule has 0 spiro atoms. The molecule has 26 heavy (non-hydrogen) atoms. The Kier molecular flexibility index (Phi) is 6.31. The van der Waals surface area contributed by atoms with E-state index in [1.165, 1.54) is 5.56 Å². The van der Waals surface area contributed by atoms with Gasteiger partial charge in [-0.05, 0) is 60.0 Å². The summed E-state index contributed by atoms with van der Waals surface area (Å²) in [4.78, 5) is 0. The maximum Gasteiger partial charge on any atom is 0.156 e. The highest BCUT2D eigenvalue weighted by Crippen LogP contribution is 2.35. The van der Waals surface area contributed by atoms with Gasteiger partial charge in [0.15, 0.2) is 5.75 Å². The third-order valence-corrected chi connectivity index (χ3v) is 4.68. The zero-order chi connectivity index (χ0) is 18.5. The molecule has 3 rings (SSSR count). The molecule has 0 aliphatic heterocycles. The summed E-state index contributed by atoms with van der Waals surface area (Å²) in [6.07, 6.45) is 0. The van der Waals surface area contributed by atoms with Gasteiger partial charge in [-0.3, -0.25) is 0 Å². The van der Waals surface area contributed by atoms with Crippen LogP contribution in [0.1, 0.15) is 16.7 Å². The number of benzene rings is 3. The highest BCUT2D eigenvalue weighted by atomic mass is 35.5. The molecule has 0 aliphatic rings. The van der Waals surface area contributed by atoms with E-state index in [2.05, 4.69) is 24.4 Å². The van der Waals surface area contributed by atoms with Gasteiger partial charge in [0, 0.05) is 17.3 Å². The van der Waals surface area contributed by atoms with E-state index in [0.717, 1.165) is 16.8 Å². The number of anilines is 1. The molecule has 0 heterocycles. The molecule has 3 aromatic rings. The van der Waals surface area contributed by atoms with Gasteiger partial charge < -0.3 is 10.1 Å². The summed E-state index contributed by atoms with van der Waals surface area (Å²) >= 11 is 18.6. The first-order chi connectivity index (χ1) is 12.5. The standard InChI is InChI=1S/C21H18Cl3NO/c1-14-3-2-4-18(9-14)25-12-16-10-19(23)21(20(24)11-16)26-13-15-5-7-17(22)8-6-15/h2-11,25H,12-13H2,1H3. The lowest BCUT2D eigenvalue weighted by Gasteiger charge is -2.13. The molecule has 0 amide bonds. The first kappa shape index (κ1) is 18.9. The maximum absolute atomic E-state index is 6.37. The van der Waals surface area contributed by atoms with Gasteiger partial charge >= 0.3 is 0 Å². The highest BCUT2D eigenvalue weighted by Gasteiger charge is 2.10. The second-order valence-corrected chi connectivity index (χ2v) is 7.28. The zero-order valence-corrected chi connectivity index (χ0v) is 16.5. The van der Waals surface area contributed by atoms with Gasteiger partial charge in [-0.2, -0.15) is 0 Å². The quantitative estimate of drug-likeness (QED) is 0.469. The number of aryl methyl sites for hydroxylation is 1. The van der Waals surface area contributed by atoms with Gasteiger partial charge in [0.25, 0.3) is 0 Å². The number of rotatable bonds is 6. The van der Waals surface area contributed by atoms with Crippen molar-refractivity contribution in [2.75, 3.05) is 5.32 Å². The van der Waals surface area contributed by atoms with E-state index in [1.54, 1.807) is 0 Å². The van der Waals surface area contributed by atoms with Crippen LogP contribution in [0, 0.1) is 6.92 Å². The SMILES string of the molecule is Cc1cccc(NCc2cc(Cl)c(OCc3ccc(Cl)cc3)c(Cl)c2)c1. The van der Waals surface area contributed by atoms with Crippen molar-refractivity contribution >= 4 is 40.5 Å². The van der Waals surface area contributed by atoms with Crippen molar-refractivity contribution in [3.8, 4) is 5.75 Å². The van der Waals surface area contributed by atoms with Crippen LogP contribution in [-0.4, -0.2) is 0 Å². The molecule has 0 saturated heterocycles. The molecule has 0 unspecified atom stereocenters. The number of hydrogen-bond donors (Lipinski definition) is 1. The van der Waals surface area contributed by atoms with Crippen molar-refractivity contribution in [2.24, 2.45) is 0 Å². The van der Waals surface area contributed by atoms with Crippen LogP contribution in [0.2, 0.25) is 15.1 Å². The Morgan fingerprint density at radius 1 is 0.846 bits per heavy atom. The van der Waals surface area contributed by atoms with E-state index < -0.39 is 0 Å². The number of halogens is 3. The second kappa shape index (κ2) is 8.68. The van der Waals surface area contributed by atoms with Crippen LogP contribution in [-0.2, 0) is 13.2 Å². The summed E-state index contributed by atoms with van der Waals surface area (Å²) in [6.45, 7) is 3.06. The highest BCUT2D eigenvalue weighted by molar-refractivity contribution is 6.37. The molecular formula is C21H18Cl3NO. The Balaban J connectivity index is 1.66. The Hall–Kier alpha value is -1.87. The predicted octanol–water partition coefficient (Wildman–Crippen LogP) is 7.15. The summed E-state index contributed by atoms with van der Waals surface area (Å²) in [5.41, 5.74) is 4.24. The van der Waals surface area contributed by atoms with E-state index in [4.69, 9.17) is 39.5 Å². The fourth-order valence-corrected chi connectivity index (χ4v) is 3.31. The summed E-state index contributed by atoms with van der Waals surface area (Å²) < 4.78 is 5.80. The third-order valence-electron chi connectivity index (χ3n) is 3.87. The minimum Gasteiger partial charge on any atom is -0.486 e. The van der Waals surface area contributed by atoms with E-state index in [-0.39, 0.29) is 0 Å². The predicted molar refractivity (Wildman–Crippen MR) is 111 cm³/mol. The van der Waals surface area contributed by atoms with Gasteiger partial charge in [-0.25, -0.2) is 0 Å². The van der Waals surface area contributed by atoms with Crippen LogP contribution in [0.5, 0.6) is 5.75 Å². The molecule has 2 nitrogen and oxygen atoms in total. The molecule has 0 radical (unpaired) electrons. The average Bonchev–Trinajstić information content (AvgIpc) is 2.61. The largest absolute Gasteiger partial charge is 0.486 e. The van der Waals surface area contributed by atoms with E-state index in [9.17, 15) is 0 Å². The molecule has 0 bridgehead atoms. The zero-order valence-electron chi connectivity index (χ0n) is 14.2. The molecule has 5 heteroatoms. The maximum atomic E-state index is 6.37. The number of hydrogen-bond acceptors (Lipinski definition) is 2. The molecule has 134 valence electrons. The van der Waals surface area contributed by atoms with E-state index >= 15 is 0 Å². The van der Waals surface area contributed by atoms with E-state index in [1.807, 2.05) is 48.5 Å². The van der Waals surface area contributed by atoms with Crippen molar-refractivity contribution in [1.82, 2.24) is 0 Å². The minimum atomic E-state index is 0.373. The lowest BCUT2D eigenvalue weighted by Crippen LogP contribution is -2.01. The monoisotopic (exact) mass is 405 g/mol. The molecule has 0 aromatic heterocycles. The number of nitrogens with one attached hydrogen (secondary N) is 1. The van der Waals surface area contributed by atoms with Crippen molar-refractivity contribution in [2.45, 2.75) is 20.1 Å². The van der Waals surface area contributed by atoms with Gasteiger partial charge in [0.1, 0.15) is 6.61 Å². The van der Waals surface area contributed by atoms with Gasteiger partial charge in [-0.1, -0.05) is 59.1 Å². The fourth-order valence-electron chi connectivity index (χ4n) is 2.55. The first-order valence-corrected chi connectivity index (χ1v) is 9.30. The summed E-state index contributed by atoms with van der Waals surface area (Å²) in [5.74, 6) is 0.489. The Labute approximate surface area is 168 Å². The molecule has 0 atom stereocenters. The number of ether oxygens (including phenoxy) is 1. The summed E-state index contributed by atoms with van der Waals surface area (Å²) in [7, 11) is 0. The van der Waals surface area contributed by atoms with Gasteiger partial charge in [0.05, 0.1) is 10.0 Å². The Bertz CT molecular complexity index is 871. The van der Waals surface area contributed by atoms with Crippen LogP contribution < -0.4 is 10.1 Å². The van der Waals surface area contributed by atoms with Crippen LogP contribution >= 0.6 is 34.8 Å². The molecule has 0 aliphatic carbocycles. The second-order valence-electron chi connectivity index (χ2n) is 6.03. The molecule has 3 aromatic carbocycles. The fraction of sp³-hybridized carbons (Fsp3) is 0.143. The van der Waals surface area contributed by atoms with Crippen molar-refractivity contribution in [3.63, 3.8) is 0 Å². The molecule has 0 saturated carbocycles. The van der Waals surface area contributed by atoms with Gasteiger partial charge in [-0.15, -0.1) is 0 Å². The summed E-state index contributed by atoms with van der Waals surface area (Å²) in [6, 6.07) is 19.4. The Morgan fingerprint density at radius 3 is 2.19 bits per heavy atom. The van der Waals surface area contributed by atoms with Crippen molar-refractivity contribution in [1.29, 1.82) is 0 Å². The normalized spacial score (nSPS) is 10.6. The van der Waals surface area contributed by atoms with Crippen LogP contribution in [0.3, 0.4) is 0 Å². The Morgan fingerprint density at radius 2 is 1.54 bits per heavy atom.